The number of rotatable bonds is 1. The summed E-state index contributed by atoms with van der Waals surface area (Å²) >= 11 is 0. The number of aliphatic imine (C=N–C) groups is 1. The van der Waals surface area contributed by atoms with Gasteiger partial charge >= 0.3 is 5.97 Å². The van der Waals surface area contributed by atoms with Crippen LogP contribution in [0.5, 0.6) is 0 Å². The first kappa shape index (κ1) is 8.65. The highest BCUT2D eigenvalue weighted by Crippen LogP contribution is 2.41. The Morgan fingerprint density at radius 3 is 3.07 bits per heavy atom. The molecule has 3 heteroatoms. The third-order valence-electron chi connectivity index (χ3n) is 3.23. The zero-order chi connectivity index (χ0) is 10.4. The first-order valence-electron chi connectivity index (χ1n) is 5.17. The van der Waals surface area contributed by atoms with E-state index in [1.807, 2.05) is 0 Å². The van der Waals surface area contributed by atoms with Crippen LogP contribution in [0, 0.1) is 0 Å². The van der Waals surface area contributed by atoms with Crippen LogP contribution >= 0.6 is 0 Å². The Balaban J connectivity index is 1.98. The summed E-state index contributed by atoms with van der Waals surface area (Å²) in [5.41, 5.74) is 5.17. The van der Waals surface area contributed by atoms with E-state index < -0.39 is 5.97 Å². The van der Waals surface area contributed by atoms with E-state index in [2.05, 4.69) is 17.1 Å². The molecule has 76 valence electrons. The Labute approximate surface area is 87.5 Å². The summed E-state index contributed by atoms with van der Waals surface area (Å²) in [7, 11) is 0. The lowest BCUT2D eigenvalue weighted by atomic mass is 9.89. The first-order valence-corrected chi connectivity index (χ1v) is 5.17. The van der Waals surface area contributed by atoms with Crippen LogP contribution in [-0.4, -0.2) is 16.8 Å². The molecular formula is C12H11NO2. The van der Waals surface area contributed by atoms with Crippen LogP contribution in [0.4, 0.5) is 0 Å². The Bertz CT molecular complexity index is 478. The van der Waals surface area contributed by atoms with Crippen molar-refractivity contribution >= 4 is 11.7 Å². The summed E-state index contributed by atoms with van der Waals surface area (Å²) in [6.07, 6.45) is 7.76. The SMILES string of the molecule is O=C(O)C1=NC2=C(C1)C1=C(CC=C1)CC2. The molecule has 0 amide bonds. The van der Waals surface area contributed by atoms with Crippen LogP contribution in [0.15, 0.2) is 39.6 Å². The molecule has 0 aromatic heterocycles. The highest BCUT2D eigenvalue weighted by atomic mass is 16.4. The van der Waals surface area contributed by atoms with E-state index in [9.17, 15) is 4.79 Å². The molecule has 0 aromatic rings. The van der Waals surface area contributed by atoms with Crippen LogP contribution < -0.4 is 0 Å². The van der Waals surface area contributed by atoms with E-state index in [4.69, 9.17) is 5.11 Å². The van der Waals surface area contributed by atoms with E-state index in [0.717, 1.165) is 30.5 Å². The van der Waals surface area contributed by atoms with Gasteiger partial charge in [0.05, 0.1) is 0 Å². The number of hydrogen-bond donors (Lipinski definition) is 1. The van der Waals surface area contributed by atoms with Gasteiger partial charge in [0.25, 0.3) is 0 Å². The molecule has 3 rings (SSSR count). The van der Waals surface area contributed by atoms with Gasteiger partial charge in [0, 0.05) is 12.1 Å². The summed E-state index contributed by atoms with van der Waals surface area (Å²) in [5.74, 6) is -0.881. The molecule has 3 nitrogen and oxygen atoms in total. The van der Waals surface area contributed by atoms with Crippen molar-refractivity contribution < 1.29 is 9.90 Å². The molecule has 1 N–H and O–H groups in total. The Kier molecular flexibility index (Phi) is 1.69. The van der Waals surface area contributed by atoms with Gasteiger partial charge in [0.1, 0.15) is 5.71 Å². The molecule has 0 spiro atoms. The molecule has 0 saturated carbocycles. The lowest BCUT2D eigenvalue weighted by Gasteiger charge is -2.15. The van der Waals surface area contributed by atoms with Crippen molar-refractivity contribution in [3.63, 3.8) is 0 Å². The van der Waals surface area contributed by atoms with Gasteiger partial charge in [-0.25, -0.2) is 9.79 Å². The van der Waals surface area contributed by atoms with E-state index >= 15 is 0 Å². The molecule has 0 radical (unpaired) electrons. The largest absolute Gasteiger partial charge is 0.477 e. The predicted molar refractivity (Wildman–Crippen MR) is 56.7 cm³/mol. The van der Waals surface area contributed by atoms with Crippen molar-refractivity contribution in [2.45, 2.75) is 25.7 Å². The second-order valence-corrected chi connectivity index (χ2v) is 4.09. The van der Waals surface area contributed by atoms with E-state index in [1.54, 1.807) is 0 Å². The second-order valence-electron chi connectivity index (χ2n) is 4.09. The zero-order valence-corrected chi connectivity index (χ0v) is 8.29. The average molecular weight is 201 g/mol. The number of allylic oxidation sites excluding steroid dienone is 6. The van der Waals surface area contributed by atoms with Crippen LogP contribution in [0.1, 0.15) is 25.7 Å². The molecule has 3 aliphatic rings. The van der Waals surface area contributed by atoms with Crippen LogP contribution in [0.2, 0.25) is 0 Å². The number of carboxylic acids is 1. The van der Waals surface area contributed by atoms with Crippen molar-refractivity contribution in [3.05, 3.63) is 34.6 Å². The minimum atomic E-state index is -0.881. The molecule has 0 bridgehead atoms. The van der Waals surface area contributed by atoms with Gasteiger partial charge in [-0.3, -0.25) is 0 Å². The van der Waals surface area contributed by atoms with Gasteiger partial charge in [-0.1, -0.05) is 17.7 Å². The fourth-order valence-corrected chi connectivity index (χ4v) is 2.49. The molecule has 15 heavy (non-hydrogen) atoms. The molecule has 0 aromatic carbocycles. The lowest BCUT2D eigenvalue weighted by molar-refractivity contribution is -0.129. The molecule has 0 fully saturated rings. The van der Waals surface area contributed by atoms with Gasteiger partial charge in [-0.2, -0.15) is 0 Å². The highest BCUT2D eigenvalue weighted by Gasteiger charge is 2.29. The number of hydrogen-bond acceptors (Lipinski definition) is 2. The molecular weight excluding hydrogens is 190 g/mol. The fourth-order valence-electron chi connectivity index (χ4n) is 2.49. The average Bonchev–Trinajstić information content (AvgIpc) is 2.82. The van der Waals surface area contributed by atoms with Gasteiger partial charge in [-0.05, 0) is 30.4 Å². The Morgan fingerprint density at radius 1 is 1.40 bits per heavy atom. The minimum absolute atomic E-state index is 0.300. The van der Waals surface area contributed by atoms with E-state index in [1.165, 1.54) is 11.1 Å². The summed E-state index contributed by atoms with van der Waals surface area (Å²) in [6, 6.07) is 0. The fraction of sp³-hybridized carbons (Fsp3) is 0.333. The summed E-state index contributed by atoms with van der Waals surface area (Å²) in [5, 5.41) is 8.91. The third-order valence-corrected chi connectivity index (χ3v) is 3.23. The van der Waals surface area contributed by atoms with Crippen molar-refractivity contribution in [3.8, 4) is 0 Å². The molecule has 0 saturated heterocycles. The maximum atomic E-state index is 10.8. The molecule has 0 unspecified atom stereocenters. The van der Waals surface area contributed by atoms with Crippen LogP contribution in [-0.2, 0) is 4.79 Å². The zero-order valence-electron chi connectivity index (χ0n) is 8.29. The third kappa shape index (κ3) is 1.19. The Hall–Kier alpha value is -1.64. The van der Waals surface area contributed by atoms with Crippen molar-refractivity contribution in [1.82, 2.24) is 0 Å². The minimum Gasteiger partial charge on any atom is -0.477 e. The molecule has 1 heterocycles. The quantitative estimate of drug-likeness (QED) is 0.707. The first-order chi connectivity index (χ1) is 7.25. The van der Waals surface area contributed by atoms with Crippen molar-refractivity contribution in [2.75, 3.05) is 0 Å². The predicted octanol–water partition coefficient (Wildman–Crippen LogP) is 2.22. The number of aliphatic carboxylic acids is 1. The van der Waals surface area contributed by atoms with Gasteiger partial charge in [0.15, 0.2) is 0 Å². The maximum Gasteiger partial charge on any atom is 0.350 e. The molecule has 0 atom stereocenters. The summed E-state index contributed by atoms with van der Waals surface area (Å²) in [6.45, 7) is 0. The number of fused-ring (bicyclic) bond motifs is 1. The van der Waals surface area contributed by atoms with Gasteiger partial charge in [0.2, 0.25) is 0 Å². The maximum absolute atomic E-state index is 10.8. The van der Waals surface area contributed by atoms with E-state index in [-0.39, 0.29) is 0 Å². The second kappa shape index (κ2) is 2.92. The van der Waals surface area contributed by atoms with Crippen molar-refractivity contribution in [1.29, 1.82) is 0 Å². The lowest BCUT2D eigenvalue weighted by Crippen LogP contribution is -2.10. The summed E-state index contributed by atoms with van der Waals surface area (Å²) in [4.78, 5) is 15.0. The Morgan fingerprint density at radius 2 is 2.27 bits per heavy atom. The summed E-state index contributed by atoms with van der Waals surface area (Å²) < 4.78 is 0. The van der Waals surface area contributed by atoms with Gasteiger partial charge in [-0.15, -0.1) is 0 Å². The van der Waals surface area contributed by atoms with Crippen LogP contribution in [0.25, 0.3) is 0 Å². The monoisotopic (exact) mass is 201 g/mol. The number of carboxylic acid groups (broad SMARTS) is 1. The number of carbonyl (C=O) groups is 1. The standard InChI is InChI=1S/C12H11NO2/c14-12(15)11-6-9-8-3-1-2-7(8)4-5-10(9)13-11/h1,3H,2,4-6H2,(H,14,15). The van der Waals surface area contributed by atoms with Crippen LogP contribution in [0.3, 0.4) is 0 Å². The number of nitrogens with zero attached hydrogens (tertiary/aromatic N) is 1. The smallest absolute Gasteiger partial charge is 0.350 e. The van der Waals surface area contributed by atoms with E-state index in [0.29, 0.717) is 12.1 Å². The van der Waals surface area contributed by atoms with Gasteiger partial charge < -0.3 is 5.11 Å². The normalized spacial score (nSPS) is 23.1. The highest BCUT2D eigenvalue weighted by molar-refractivity contribution is 6.37. The topological polar surface area (TPSA) is 49.7 Å². The van der Waals surface area contributed by atoms with Crippen molar-refractivity contribution in [2.24, 2.45) is 4.99 Å². The molecule has 2 aliphatic carbocycles. The molecule has 1 aliphatic heterocycles.